The second-order valence-corrected chi connectivity index (χ2v) is 8.30. The average molecular weight is 519 g/mol. The van der Waals surface area contributed by atoms with Gasteiger partial charge in [-0.15, -0.1) is 0 Å². The molecule has 11 nitrogen and oxygen atoms in total. The third-order valence-corrected chi connectivity index (χ3v) is 5.60. The number of fused-ring (bicyclic) bond motifs is 1. The lowest BCUT2D eigenvalue weighted by Gasteiger charge is -2.35. The Kier molecular flexibility index (Phi) is 6.74. The first-order valence-corrected chi connectivity index (χ1v) is 10.9. The number of esters is 3. The molecule has 0 spiro atoms. The minimum atomic E-state index is -2.99. The van der Waals surface area contributed by atoms with Crippen LogP contribution in [0.3, 0.4) is 0 Å². The molecule has 1 saturated heterocycles. The van der Waals surface area contributed by atoms with Crippen LogP contribution in [0.15, 0.2) is 55.8 Å². The number of aromatic nitrogens is 4. The first-order chi connectivity index (χ1) is 17.1. The van der Waals surface area contributed by atoms with Gasteiger partial charge >= 0.3 is 17.9 Å². The highest BCUT2D eigenvalue weighted by atomic mass is 35.5. The molecule has 2 aromatic heterocycles. The molecule has 4 rings (SSSR count). The van der Waals surface area contributed by atoms with Gasteiger partial charge in [-0.25, -0.2) is 24.1 Å². The Balaban J connectivity index is 1.77. The molecule has 13 heteroatoms. The minimum absolute atomic E-state index is 0.0527. The van der Waals surface area contributed by atoms with Crippen molar-refractivity contribution in [1.29, 1.82) is 0 Å². The van der Waals surface area contributed by atoms with Gasteiger partial charge in [0.15, 0.2) is 18.5 Å². The lowest BCUT2D eigenvalue weighted by Crippen LogP contribution is -2.54. The van der Waals surface area contributed by atoms with Crippen LogP contribution < -0.4 is 0 Å². The molecule has 0 aliphatic carbocycles. The Morgan fingerprint density at radius 2 is 2.06 bits per heavy atom. The fraction of sp³-hybridized carbons (Fsp3) is 0.304. The van der Waals surface area contributed by atoms with Crippen LogP contribution in [0.25, 0.3) is 11.2 Å². The van der Waals surface area contributed by atoms with Crippen LogP contribution in [-0.4, -0.2) is 61.6 Å². The quantitative estimate of drug-likeness (QED) is 0.261. The Bertz CT molecular complexity index is 1350. The van der Waals surface area contributed by atoms with Crippen molar-refractivity contribution in [1.82, 2.24) is 19.5 Å². The molecule has 1 aliphatic heterocycles. The predicted molar refractivity (Wildman–Crippen MR) is 121 cm³/mol. The molecule has 36 heavy (non-hydrogen) atoms. The average Bonchev–Trinajstić information content (AvgIpc) is 3.35. The molecule has 3 heterocycles. The van der Waals surface area contributed by atoms with Crippen LogP contribution in [0.1, 0.15) is 30.4 Å². The van der Waals surface area contributed by atoms with Crippen LogP contribution in [0.5, 0.6) is 0 Å². The summed E-state index contributed by atoms with van der Waals surface area (Å²) in [5, 5.41) is 0.267. The summed E-state index contributed by atoms with van der Waals surface area (Å²) in [5.41, 5.74) is -1.52. The number of ether oxygens (including phenoxy) is 4. The molecule has 0 N–H and O–H groups in total. The minimum Gasteiger partial charge on any atom is -0.456 e. The fourth-order valence-corrected chi connectivity index (χ4v) is 4.15. The van der Waals surface area contributed by atoms with Gasteiger partial charge in [-0.2, -0.15) is 0 Å². The summed E-state index contributed by atoms with van der Waals surface area (Å²) in [6.45, 7) is 4.76. The number of carbonyl (C=O) groups excluding carboxylic acids is 3. The number of nitrogens with zero attached hydrogens (tertiary/aromatic N) is 4. The molecule has 0 bridgehead atoms. The summed E-state index contributed by atoms with van der Waals surface area (Å²) in [5.74, 6) is -5.66. The van der Waals surface area contributed by atoms with Crippen molar-refractivity contribution in [2.45, 2.75) is 37.6 Å². The number of rotatable bonds is 7. The van der Waals surface area contributed by atoms with Crippen LogP contribution >= 0.6 is 11.6 Å². The molecule has 0 unspecified atom stereocenters. The highest BCUT2D eigenvalue weighted by Gasteiger charge is 2.70. The fourth-order valence-electron chi connectivity index (χ4n) is 3.96. The number of alkyl halides is 1. The maximum Gasteiger partial charge on any atom is 0.338 e. The van der Waals surface area contributed by atoms with Crippen molar-refractivity contribution in [3.05, 3.63) is 66.4 Å². The van der Waals surface area contributed by atoms with E-state index in [1.54, 1.807) is 6.07 Å². The van der Waals surface area contributed by atoms with Gasteiger partial charge in [-0.3, -0.25) is 14.2 Å². The van der Waals surface area contributed by atoms with Crippen LogP contribution in [0.2, 0.25) is 5.02 Å². The van der Waals surface area contributed by atoms with Gasteiger partial charge in [-0.1, -0.05) is 24.2 Å². The standard InChI is InChI=1S/C23H20ClFN4O7/c1-4-22(35-14(3)31)20(34-13(2)30)23(25,10-33-19(32)15-6-5-7-16(24)8-15)36-21(22)29-12-28-17-9-26-11-27-18(17)29/h4-9,11-12,20-21H,1,10H2,2-3H3/t20-,21+,22+,23+/m0/s1. The molecule has 1 aromatic carbocycles. The molecule has 4 atom stereocenters. The van der Waals surface area contributed by atoms with Crippen LogP contribution in [0, 0.1) is 0 Å². The SMILES string of the molecule is C=C[C@]1(OC(C)=O)[C@H](n2cnc3cncnc32)O[C@](F)(COC(=O)c2cccc(Cl)c2)[C@H]1OC(C)=O. The van der Waals surface area contributed by atoms with Crippen molar-refractivity contribution in [3.8, 4) is 0 Å². The highest BCUT2D eigenvalue weighted by Crippen LogP contribution is 2.51. The second kappa shape index (κ2) is 9.63. The van der Waals surface area contributed by atoms with E-state index < -0.39 is 48.3 Å². The van der Waals surface area contributed by atoms with Gasteiger partial charge in [0.1, 0.15) is 11.8 Å². The first-order valence-electron chi connectivity index (χ1n) is 10.5. The van der Waals surface area contributed by atoms with E-state index in [1.165, 1.54) is 41.6 Å². The van der Waals surface area contributed by atoms with Crippen LogP contribution in [-0.2, 0) is 28.5 Å². The van der Waals surface area contributed by atoms with E-state index in [2.05, 4.69) is 21.5 Å². The monoisotopic (exact) mass is 518 g/mol. The van der Waals surface area contributed by atoms with Crippen molar-refractivity contribution >= 4 is 40.7 Å². The zero-order chi connectivity index (χ0) is 26.1. The maximum atomic E-state index is 16.6. The largest absolute Gasteiger partial charge is 0.456 e. The molecule has 0 amide bonds. The van der Waals surface area contributed by atoms with E-state index in [1.807, 2.05) is 0 Å². The van der Waals surface area contributed by atoms with Gasteiger partial charge in [0.05, 0.1) is 18.1 Å². The van der Waals surface area contributed by atoms with Gasteiger partial charge < -0.3 is 18.9 Å². The van der Waals surface area contributed by atoms with Gasteiger partial charge in [0.25, 0.3) is 5.85 Å². The van der Waals surface area contributed by atoms with Crippen molar-refractivity contribution < 1.29 is 37.7 Å². The number of hydrogen-bond acceptors (Lipinski definition) is 10. The lowest BCUT2D eigenvalue weighted by atomic mass is 9.92. The highest BCUT2D eigenvalue weighted by molar-refractivity contribution is 6.30. The third-order valence-electron chi connectivity index (χ3n) is 5.37. The number of benzene rings is 1. The molecule has 0 radical (unpaired) electrons. The van der Waals surface area contributed by atoms with E-state index >= 15 is 4.39 Å². The summed E-state index contributed by atoms with van der Waals surface area (Å²) >= 11 is 5.91. The lowest BCUT2D eigenvalue weighted by molar-refractivity contribution is -0.216. The van der Waals surface area contributed by atoms with Gasteiger partial charge in [-0.05, 0) is 24.3 Å². The van der Waals surface area contributed by atoms with Crippen molar-refractivity contribution in [2.24, 2.45) is 0 Å². The zero-order valence-electron chi connectivity index (χ0n) is 19.1. The normalized spacial score (nSPS) is 25.3. The summed E-state index contributed by atoms with van der Waals surface area (Å²) in [7, 11) is 0. The first kappa shape index (κ1) is 25.2. The Morgan fingerprint density at radius 3 is 2.72 bits per heavy atom. The van der Waals surface area contributed by atoms with Crippen LogP contribution in [0.4, 0.5) is 4.39 Å². The Morgan fingerprint density at radius 1 is 1.28 bits per heavy atom. The summed E-state index contributed by atoms with van der Waals surface area (Å²) in [6.07, 6.45) is 1.54. The van der Waals surface area contributed by atoms with E-state index in [9.17, 15) is 14.4 Å². The molecule has 1 aliphatic rings. The van der Waals surface area contributed by atoms with Gasteiger partial charge in [0, 0.05) is 18.9 Å². The molecule has 188 valence electrons. The molecular weight excluding hydrogens is 499 g/mol. The predicted octanol–water partition coefficient (Wildman–Crippen LogP) is 2.95. The zero-order valence-corrected chi connectivity index (χ0v) is 19.8. The van der Waals surface area contributed by atoms with E-state index in [-0.39, 0.29) is 16.2 Å². The summed E-state index contributed by atoms with van der Waals surface area (Å²) in [6, 6.07) is 5.82. The smallest absolute Gasteiger partial charge is 0.338 e. The number of halogens is 2. The topological polar surface area (TPSA) is 132 Å². The number of carbonyl (C=O) groups is 3. The number of hydrogen-bond donors (Lipinski definition) is 0. The van der Waals surface area contributed by atoms with E-state index in [0.717, 1.165) is 19.9 Å². The van der Waals surface area contributed by atoms with E-state index in [0.29, 0.717) is 5.52 Å². The molecule has 3 aromatic rings. The Hall–Kier alpha value is -3.90. The Labute approximate surface area is 208 Å². The summed E-state index contributed by atoms with van der Waals surface area (Å²) < 4.78 is 39.5. The second-order valence-electron chi connectivity index (χ2n) is 7.87. The third kappa shape index (κ3) is 4.52. The van der Waals surface area contributed by atoms with E-state index in [4.69, 9.17) is 30.5 Å². The molecule has 1 fully saturated rings. The maximum absolute atomic E-state index is 16.6. The van der Waals surface area contributed by atoms with Gasteiger partial charge in [0.2, 0.25) is 11.7 Å². The van der Waals surface area contributed by atoms with Crippen molar-refractivity contribution in [3.63, 3.8) is 0 Å². The summed E-state index contributed by atoms with van der Waals surface area (Å²) in [4.78, 5) is 48.9. The molecular formula is C23H20ClFN4O7. The van der Waals surface area contributed by atoms with Crippen molar-refractivity contribution in [2.75, 3.05) is 6.61 Å². The molecule has 0 saturated carbocycles. The number of imidazole rings is 1.